The van der Waals surface area contributed by atoms with Crippen molar-refractivity contribution < 1.29 is 0 Å². The molecule has 0 saturated carbocycles. The third kappa shape index (κ3) is 3.98. The van der Waals surface area contributed by atoms with E-state index in [4.69, 9.17) is 16.9 Å². The summed E-state index contributed by atoms with van der Waals surface area (Å²) in [7, 11) is 0. The van der Waals surface area contributed by atoms with Gasteiger partial charge in [0.05, 0.1) is 22.7 Å². The number of nitrogens with zero attached hydrogens (tertiary/aromatic N) is 3. The van der Waals surface area contributed by atoms with Crippen molar-refractivity contribution in [2.45, 2.75) is 46.1 Å². The lowest BCUT2D eigenvalue weighted by molar-refractivity contribution is 0.508. The Balaban J connectivity index is 2.24. The van der Waals surface area contributed by atoms with Crippen LogP contribution in [0.5, 0.6) is 0 Å². The highest BCUT2D eigenvalue weighted by Gasteiger charge is 2.11. The van der Waals surface area contributed by atoms with Crippen LogP contribution in [0.4, 0.5) is 0 Å². The number of imidazole rings is 1. The molecule has 0 atom stereocenters. The Bertz CT molecular complexity index is 637. The summed E-state index contributed by atoms with van der Waals surface area (Å²) in [6.45, 7) is 5.46. The Morgan fingerprint density at radius 2 is 2.14 bits per heavy atom. The number of aromatic nitrogens is 2. The van der Waals surface area contributed by atoms with Gasteiger partial charge in [0.1, 0.15) is 5.82 Å². The summed E-state index contributed by atoms with van der Waals surface area (Å²) in [5, 5.41) is 9.07. The van der Waals surface area contributed by atoms with Crippen molar-refractivity contribution in [2.75, 3.05) is 5.88 Å². The van der Waals surface area contributed by atoms with Crippen LogP contribution in [0.1, 0.15) is 44.5 Å². The average molecular weight is 304 g/mol. The third-order valence-corrected chi connectivity index (χ3v) is 3.88. The average Bonchev–Trinajstić information content (AvgIpc) is 2.80. The quantitative estimate of drug-likeness (QED) is 0.557. The summed E-state index contributed by atoms with van der Waals surface area (Å²) in [6.07, 6.45) is 4.37. The number of hydrogen-bond donors (Lipinski definition) is 0. The van der Waals surface area contributed by atoms with Crippen LogP contribution in [0.15, 0.2) is 18.2 Å². The predicted octanol–water partition coefficient (Wildman–Crippen LogP) is 4.52. The van der Waals surface area contributed by atoms with Gasteiger partial charge in [0, 0.05) is 18.8 Å². The SMILES string of the molecule is CC(C)CCCCn1c(CCCl)nc2ccc(C#N)cc21. The molecule has 0 aliphatic heterocycles. The number of alkyl halides is 1. The minimum absolute atomic E-state index is 0.570. The van der Waals surface area contributed by atoms with E-state index in [1.807, 2.05) is 18.2 Å². The van der Waals surface area contributed by atoms with Gasteiger partial charge in [-0.25, -0.2) is 4.98 Å². The van der Waals surface area contributed by atoms with Crippen molar-refractivity contribution in [1.82, 2.24) is 9.55 Å². The Hall–Kier alpha value is -1.53. The van der Waals surface area contributed by atoms with E-state index in [1.165, 1.54) is 12.8 Å². The lowest BCUT2D eigenvalue weighted by Crippen LogP contribution is -2.05. The maximum absolute atomic E-state index is 9.07. The minimum Gasteiger partial charge on any atom is -0.328 e. The molecule has 0 radical (unpaired) electrons. The molecule has 1 aromatic heterocycles. The first kappa shape index (κ1) is 15.9. The molecule has 0 bridgehead atoms. The molecule has 2 aromatic rings. The summed E-state index contributed by atoms with van der Waals surface area (Å²) in [4.78, 5) is 4.66. The molecule has 0 amide bonds. The molecule has 1 heterocycles. The van der Waals surface area contributed by atoms with E-state index in [2.05, 4.69) is 29.5 Å². The van der Waals surface area contributed by atoms with E-state index >= 15 is 0 Å². The largest absolute Gasteiger partial charge is 0.328 e. The van der Waals surface area contributed by atoms with Crippen LogP contribution < -0.4 is 0 Å². The molecule has 0 unspecified atom stereocenters. The lowest BCUT2D eigenvalue weighted by Gasteiger charge is -2.09. The van der Waals surface area contributed by atoms with Crippen molar-refractivity contribution in [3.05, 3.63) is 29.6 Å². The number of nitriles is 1. The number of fused-ring (bicyclic) bond motifs is 1. The van der Waals surface area contributed by atoms with Gasteiger partial charge in [0.25, 0.3) is 0 Å². The van der Waals surface area contributed by atoms with E-state index in [-0.39, 0.29) is 0 Å². The molecule has 0 saturated heterocycles. The van der Waals surface area contributed by atoms with E-state index in [1.54, 1.807) is 0 Å². The smallest absolute Gasteiger partial charge is 0.111 e. The monoisotopic (exact) mass is 303 g/mol. The minimum atomic E-state index is 0.570. The molecule has 112 valence electrons. The van der Waals surface area contributed by atoms with E-state index in [9.17, 15) is 0 Å². The van der Waals surface area contributed by atoms with Gasteiger partial charge in [-0.05, 0) is 30.5 Å². The van der Waals surface area contributed by atoms with E-state index in [0.29, 0.717) is 11.4 Å². The fourth-order valence-corrected chi connectivity index (χ4v) is 2.76. The van der Waals surface area contributed by atoms with Crippen molar-refractivity contribution in [2.24, 2.45) is 5.92 Å². The van der Waals surface area contributed by atoms with Crippen LogP contribution in [0.3, 0.4) is 0 Å². The lowest BCUT2D eigenvalue weighted by atomic mass is 10.1. The fraction of sp³-hybridized carbons (Fsp3) is 0.529. The molecule has 2 rings (SSSR count). The van der Waals surface area contributed by atoms with Crippen LogP contribution in [0.25, 0.3) is 11.0 Å². The van der Waals surface area contributed by atoms with Gasteiger partial charge in [-0.2, -0.15) is 5.26 Å². The topological polar surface area (TPSA) is 41.6 Å². The van der Waals surface area contributed by atoms with Crippen LogP contribution in [-0.2, 0) is 13.0 Å². The molecule has 4 heteroatoms. The molecule has 0 aliphatic rings. The van der Waals surface area contributed by atoms with Gasteiger partial charge < -0.3 is 4.57 Å². The Morgan fingerprint density at radius 3 is 2.81 bits per heavy atom. The molecule has 0 N–H and O–H groups in total. The van der Waals surface area contributed by atoms with Crippen molar-refractivity contribution in [1.29, 1.82) is 5.26 Å². The second kappa shape index (κ2) is 7.47. The van der Waals surface area contributed by atoms with Gasteiger partial charge in [0.2, 0.25) is 0 Å². The fourth-order valence-electron chi connectivity index (χ4n) is 2.59. The summed E-state index contributed by atoms with van der Waals surface area (Å²) in [5.41, 5.74) is 2.69. The predicted molar refractivity (Wildman–Crippen MR) is 87.6 cm³/mol. The number of benzene rings is 1. The zero-order chi connectivity index (χ0) is 15.2. The standard InChI is InChI=1S/C17H22ClN3/c1-13(2)5-3-4-10-21-16-11-14(12-19)6-7-15(16)20-17(21)8-9-18/h6-7,11,13H,3-5,8-10H2,1-2H3. The Labute approximate surface area is 131 Å². The Morgan fingerprint density at radius 1 is 1.33 bits per heavy atom. The molecule has 1 aromatic carbocycles. The zero-order valence-corrected chi connectivity index (χ0v) is 13.5. The Kier molecular flexibility index (Phi) is 5.64. The van der Waals surface area contributed by atoms with Crippen LogP contribution in [-0.4, -0.2) is 15.4 Å². The van der Waals surface area contributed by atoms with Crippen LogP contribution >= 0.6 is 11.6 Å². The van der Waals surface area contributed by atoms with Gasteiger partial charge in [-0.3, -0.25) is 0 Å². The summed E-state index contributed by atoms with van der Waals surface area (Å²) in [6, 6.07) is 7.88. The molecular weight excluding hydrogens is 282 g/mol. The highest BCUT2D eigenvalue weighted by molar-refractivity contribution is 6.17. The maximum atomic E-state index is 9.07. The normalized spacial score (nSPS) is 11.2. The summed E-state index contributed by atoms with van der Waals surface area (Å²) >= 11 is 5.89. The highest BCUT2D eigenvalue weighted by atomic mass is 35.5. The number of hydrogen-bond acceptors (Lipinski definition) is 2. The van der Waals surface area contributed by atoms with Crippen molar-refractivity contribution >= 4 is 22.6 Å². The van der Waals surface area contributed by atoms with Gasteiger partial charge in [-0.1, -0.05) is 26.7 Å². The first-order valence-electron chi connectivity index (χ1n) is 7.61. The molecule has 0 spiro atoms. The molecule has 0 aliphatic carbocycles. The highest BCUT2D eigenvalue weighted by Crippen LogP contribution is 2.20. The molecule has 0 fully saturated rings. The summed E-state index contributed by atoms with van der Waals surface area (Å²) < 4.78 is 2.24. The van der Waals surface area contributed by atoms with Gasteiger partial charge in [0.15, 0.2) is 0 Å². The second-order valence-corrected chi connectivity index (χ2v) is 6.20. The number of rotatable bonds is 7. The van der Waals surface area contributed by atoms with Crippen LogP contribution in [0, 0.1) is 17.2 Å². The van der Waals surface area contributed by atoms with Crippen LogP contribution in [0.2, 0.25) is 0 Å². The van der Waals surface area contributed by atoms with Crippen molar-refractivity contribution in [3.8, 4) is 6.07 Å². The maximum Gasteiger partial charge on any atom is 0.111 e. The van der Waals surface area contributed by atoms with E-state index in [0.717, 1.165) is 42.2 Å². The summed E-state index contributed by atoms with van der Waals surface area (Å²) in [5.74, 6) is 2.34. The number of unbranched alkanes of at least 4 members (excludes halogenated alkanes) is 1. The third-order valence-electron chi connectivity index (χ3n) is 3.69. The van der Waals surface area contributed by atoms with Gasteiger partial charge >= 0.3 is 0 Å². The van der Waals surface area contributed by atoms with Gasteiger partial charge in [-0.15, -0.1) is 11.6 Å². The molecular formula is C17H22ClN3. The zero-order valence-electron chi connectivity index (χ0n) is 12.8. The molecule has 21 heavy (non-hydrogen) atoms. The first-order valence-corrected chi connectivity index (χ1v) is 8.14. The van der Waals surface area contributed by atoms with E-state index < -0.39 is 0 Å². The first-order chi connectivity index (χ1) is 10.2. The van der Waals surface area contributed by atoms with Crippen molar-refractivity contribution in [3.63, 3.8) is 0 Å². The molecule has 3 nitrogen and oxygen atoms in total. The second-order valence-electron chi connectivity index (χ2n) is 5.82. The number of halogens is 1. The number of aryl methyl sites for hydroxylation is 2.